The number of rotatable bonds is 36. The zero-order valence-electron chi connectivity index (χ0n) is 36.7. The van der Waals surface area contributed by atoms with E-state index in [1.165, 1.54) is 16.1 Å². The molecule has 1 rings (SSSR count). The molecule has 0 fully saturated rings. The van der Waals surface area contributed by atoms with Gasteiger partial charge in [0.1, 0.15) is 12.1 Å². The number of hydrogen-bond acceptors (Lipinski definition) is 13. The largest absolute Gasteiger partial charge is 0.370 e. The minimum atomic E-state index is -0.998. The van der Waals surface area contributed by atoms with Gasteiger partial charge in [-0.2, -0.15) is 12.6 Å². The molecule has 0 radical (unpaired) electrons. The van der Waals surface area contributed by atoms with Crippen molar-refractivity contribution in [2.24, 2.45) is 50.1 Å². The minimum absolute atomic E-state index is 0.00344. The van der Waals surface area contributed by atoms with E-state index < -0.39 is 35.8 Å². The molecule has 1 aromatic rings. The van der Waals surface area contributed by atoms with Crippen LogP contribution in [0.4, 0.5) is 0 Å². The van der Waals surface area contributed by atoms with E-state index in [-0.39, 0.29) is 107 Å². The van der Waals surface area contributed by atoms with Crippen LogP contribution in [0.5, 0.6) is 0 Å². The number of unbranched alkanes of at least 4 members (excludes halogenated alkanes) is 4. The van der Waals surface area contributed by atoms with Gasteiger partial charge >= 0.3 is 0 Å². The van der Waals surface area contributed by atoms with Crippen molar-refractivity contribution in [2.75, 3.05) is 71.2 Å². The van der Waals surface area contributed by atoms with E-state index in [0.717, 1.165) is 12.8 Å². The lowest BCUT2D eigenvalue weighted by Gasteiger charge is -2.33. The Kier molecular flexibility index (Phi) is 30.4. The van der Waals surface area contributed by atoms with Gasteiger partial charge in [0.2, 0.25) is 35.4 Å². The lowest BCUT2D eigenvalue weighted by atomic mass is 10.0. The minimum Gasteiger partial charge on any atom is -0.370 e. The number of imidazole rings is 1. The molecule has 23 nitrogen and oxygen atoms in total. The number of hydrogen-bond donors (Lipinski definition) is 13. The summed E-state index contributed by atoms with van der Waals surface area (Å²) in [7, 11) is 0. The van der Waals surface area contributed by atoms with Gasteiger partial charge in [-0.15, -0.1) is 0 Å². The summed E-state index contributed by atoms with van der Waals surface area (Å²) in [5.41, 5.74) is 39.8. The molecule has 358 valence electrons. The highest BCUT2D eigenvalue weighted by molar-refractivity contribution is 7.80. The fourth-order valence-electron chi connectivity index (χ4n) is 6.42. The fraction of sp³-hybridized carbons (Fsp3) is 0.718. The summed E-state index contributed by atoms with van der Waals surface area (Å²) in [5, 5.41) is 11.3. The topological polar surface area (TPSA) is 393 Å². The summed E-state index contributed by atoms with van der Waals surface area (Å²) < 4.78 is 0. The third-order valence-electron chi connectivity index (χ3n) is 9.81. The first-order valence-corrected chi connectivity index (χ1v) is 22.4. The standard InChI is InChI=1S/C39H75N17O6S/c40-15-5-1-2-11-32(57)48-19-20-49-36(61)31(10-8-18-53-39(45)46)56(34(59)14-13-28-25-47-27-54-28)24-22-51-37(62)30(9-3-6-16-41)55(23-21-50-35(60)29(42)26-63)33(58)12-4-7-17-52-38(43)44/h25,27,29-31,63H,1-24,26,40-42H2,(H,47,54)(H,48,57)(H,49,61)(H,50,60)(H,51,62)(H4,43,44,52)(H4,45,46,53)/t29-,30-,31-/m0/s1. The molecular formula is C39H75N17O6S. The van der Waals surface area contributed by atoms with E-state index in [4.69, 9.17) is 40.1 Å². The molecule has 0 saturated heterocycles. The SMILES string of the molecule is NCCCCCC(=O)NCCNC(=O)[C@H](CCCN=C(N)N)N(CCNC(=O)[C@H](CCCCN)N(CCNC(=O)[C@@H](N)CS)C(=O)CCCCN=C(N)N)C(=O)CCc1cnc[nH]1. The molecule has 0 aromatic carbocycles. The number of thiol groups is 1. The Labute approximate surface area is 376 Å². The van der Waals surface area contributed by atoms with E-state index in [9.17, 15) is 28.8 Å². The van der Waals surface area contributed by atoms with Crippen LogP contribution in [-0.2, 0) is 35.2 Å². The van der Waals surface area contributed by atoms with Crippen LogP contribution in [0.3, 0.4) is 0 Å². The molecule has 0 aliphatic rings. The molecule has 0 saturated carbocycles. The first-order valence-electron chi connectivity index (χ1n) is 21.8. The number of nitrogens with two attached hydrogens (primary N) is 7. The summed E-state index contributed by atoms with van der Waals surface area (Å²) in [4.78, 5) is 98.5. The zero-order valence-corrected chi connectivity index (χ0v) is 37.6. The third kappa shape index (κ3) is 25.5. The maximum absolute atomic E-state index is 14.2. The quantitative estimate of drug-likeness (QED) is 0.0135. The van der Waals surface area contributed by atoms with Crippen LogP contribution in [0.1, 0.15) is 89.2 Å². The predicted octanol–water partition coefficient (Wildman–Crippen LogP) is -3.40. The number of amides is 6. The number of aliphatic imine (C=N–C) groups is 2. The Morgan fingerprint density at radius 2 is 1.17 bits per heavy atom. The molecule has 0 spiro atoms. The van der Waals surface area contributed by atoms with Crippen LogP contribution in [0.25, 0.3) is 0 Å². The molecule has 0 unspecified atom stereocenters. The number of nitrogens with zero attached hydrogens (tertiary/aromatic N) is 5. The molecule has 1 heterocycles. The highest BCUT2D eigenvalue weighted by Gasteiger charge is 2.32. The van der Waals surface area contributed by atoms with Gasteiger partial charge in [-0.1, -0.05) is 6.42 Å². The van der Waals surface area contributed by atoms with Crippen molar-refractivity contribution in [3.05, 3.63) is 18.2 Å². The summed E-state index contributed by atoms with van der Waals surface area (Å²) in [6, 6.07) is -2.82. The van der Waals surface area contributed by atoms with Crippen molar-refractivity contribution >= 4 is 60.0 Å². The normalized spacial score (nSPS) is 12.3. The second kappa shape index (κ2) is 34.3. The van der Waals surface area contributed by atoms with Crippen LogP contribution in [0, 0.1) is 0 Å². The van der Waals surface area contributed by atoms with Gasteiger partial charge in [0, 0.05) is 89.3 Å². The van der Waals surface area contributed by atoms with Crippen molar-refractivity contribution in [3.8, 4) is 0 Å². The Hall–Kier alpha value is -5.20. The molecule has 3 atom stereocenters. The lowest BCUT2D eigenvalue weighted by molar-refractivity contribution is -0.142. The van der Waals surface area contributed by atoms with Crippen molar-refractivity contribution in [3.63, 3.8) is 0 Å². The predicted molar refractivity (Wildman–Crippen MR) is 247 cm³/mol. The number of aromatic amines is 1. The van der Waals surface area contributed by atoms with Crippen molar-refractivity contribution in [1.82, 2.24) is 41.0 Å². The number of nitrogens with one attached hydrogen (secondary N) is 5. The average molecular weight is 910 g/mol. The summed E-state index contributed by atoms with van der Waals surface area (Å²) >= 11 is 4.08. The fourth-order valence-corrected chi connectivity index (χ4v) is 6.58. The van der Waals surface area contributed by atoms with Crippen molar-refractivity contribution in [2.45, 2.75) is 108 Å². The number of aromatic nitrogens is 2. The van der Waals surface area contributed by atoms with Crippen LogP contribution >= 0.6 is 12.6 Å². The van der Waals surface area contributed by atoms with Crippen molar-refractivity contribution in [1.29, 1.82) is 0 Å². The number of guanidine groups is 2. The number of aryl methyl sites for hydroxylation is 1. The van der Waals surface area contributed by atoms with E-state index in [1.54, 1.807) is 6.20 Å². The number of carbonyl (C=O) groups excluding carboxylic acids is 6. The first-order chi connectivity index (χ1) is 30.2. The third-order valence-corrected chi connectivity index (χ3v) is 10.2. The van der Waals surface area contributed by atoms with Gasteiger partial charge in [-0.05, 0) is 77.3 Å². The second-order valence-corrected chi connectivity index (χ2v) is 15.3. The monoisotopic (exact) mass is 910 g/mol. The van der Waals surface area contributed by atoms with E-state index >= 15 is 0 Å². The molecule has 6 amide bonds. The molecule has 0 bridgehead atoms. The molecule has 0 aliphatic heterocycles. The van der Waals surface area contributed by atoms with Gasteiger partial charge < -0.3 is 76.2 Å². The van der Waals surface area contributed by atoms with E-state index in [2.05, 4.69) is 53.8 Å². The van der Waals surface area contributed by atoms with Crippen LogP contribution in [-0.4, -0.2) is 156 Å². The van der Waals surface area contributed by atoms with E-state index in [0.29, 0.717) is 76.7 Å². The summed E-state index contributed by atoms with van der Waals surface area (Å²) in [6.07, 6.45) is 9.07. The highest BCUT2D eigenvalue weighted by Crippen LogP contribution is 2.15. The lowest BCUT2D eigenvalue weighted by Crippen LogP contribution is -2.55. The van der Waals surface area contributed by atoms with Crippen LogP contribution in [0.2, 0.25) is 0 Å². The number of carbonyl (C=O) groups is 6. The number of H-pyrrole nitrogens is 1. The van der Waals surface area contributed by atoms with Gasteiger partial charge in [-0.25, -0.2) is 4.98 Å². The Bertz CT molecular complexity index is 1540. The summed E-state index contributed by atoms with van der Waals surface area (Å²) in [6.45, 7) is 1.61. The first kappa shape index (κ1) is 55.8. The Morgan fingerprint density at radius 1 is 0.651 bits per heavy atom. The molecule has 63 heavy (non-hydrogen) atoms. The smallest absolute Gasteiger partial charge is 0.242 e. The molecule has 1 aromatic heterocycles. The average Bonchev–Trinajstić information content (AvgIpc) is 3.78. The zero-order chi connectivity index (χ0) is 46.8. The maximum Gasteiger partial charge on any atom is 0.242 e. The van der Waals surface area contributed by atoms with Gasteiger partial charge in [0.05, 0.1) is 12.4 Å². The van der Waals surface area contributed by atoms with Crippen molar-refractivity contribution < 1.29 is 28.8 Å². The Morgan fingerprint density at radius 3 is 1.75 bits per heavy atom. The van der Waals surface area contributed by atoms with Gasteiger partial charge in [-0.3, -0.25) is 38.8 Å². The Balaban J connectivity index is 3.35. The van der Waals surface area contributed by atoms with E-state index in [1.807, 2.05) is 0 Å². The van der Waals surface area contributed by atoms with Gasteiger partial charge in [0.15, 0.2) is 11.9 Å². The molecule has 24 heteroatoms. The van der Waals surface area contributed by atoms with Crippen LogP contribution < -0.4 is 61.4 Å². The van der Waals surface area contributed by atoms with Gasteiger partial charge in [0.25, 0.3) is 0 Å². The second-order valence-electron chi connectivity index (χ2n) is 14.9. The summed E-state index contributed by atoms with van der Waals surface area (Å²) in [5.74, 6) is -2.30. The molecular weight excluding hydrogens is 835 g/mol. The molecule has 19 N–H and O–H groups in total. The van der Waals surface area contributed by atoms with Crippen LogP contribution in [0.15, 0.2) is 22.5 Å². The maximum atomic E-state index is 14.2. The highest BCUT2D eigenvalue weighted by atomic mass is 32.1. The molecule has 0 aliphatic carbocycles.